The Kier molecular flexibility index (Phi) is 5.08. The van der Waals surface area contributed by atoms with Crippen molar-refractivity contribution in [3.8, 4) is 11.5 Å². The summed E-state index contributed by atoms with van der Waals surface area (Å²) in [6.07, 6.45) is -0.806. The molecular formula is C12H18O4. The van der Waals surface area contributed by atoms with Crippen molar-refractivity contribution in [2.75, 3.05) is 13.2 Å². The first kappa shape index (κ1) is 12.8. The smallest absolute Gasteiger partial charge is 0.161 e. The van der Waals surface area contributed by atoms with E-state index in [0.717, 1.165) is 0 Å². The number of benzene rings is 1. The highest BCUT2D eigenvalue weighted by atomic mass is 16.5. The molecule has 4 heteroatoms. The molecule has 0 bridgehead atoms. The molecule has 1 rings (SSSR count). The molecule has 1 aromatic rings. The van der Waals surface area contributed by atoms with E-state index >= 15 is 0 Å². The highest BCUT2D eigenvalue weighted by Crippen LogP contribution is 2.27. The summed E-state index contributed by atoms with van der Waals surface area (Å²) in [4.78, 5) is 0. The number of ether oxygens (including phenoxy) is 2. The number of aliphatic hydroxyl groups is 2. The van der Waals surface area contributed by atoms with Gasteiger partial charge in [0.2, 0.25) is 0 Å². The van der Waals surface area contributed by atoms with Crippen LogP contribution in [0.25, 0.3) is 0 Å². The lowest BCUT2D eigenvalue weighted by molar-refractivity contribution is 0.0520. The fourth-order valence-electron chi connectivity index (χ4n) is 1.16. The quantitative estimate of drug-likeness (QED) is 0.765. The molecule has 0 aliphatic rings. The van der Waals surface area contributed by atoms with Crippen molar-refractivity contribution in [1.29, 1.82) is 0 Å². The molecule has 0 spiro atoms. The maximum Gasteiger partial charge on any atom is 0.161 e. The van der Waals surface area contributed by atoms with Crippen molar-refractivity contribution in [3.63, 3.8) is 0 Å². The summed E-state index contributed by atoms with van der Waals surface area (Å²) in [5, 5.41) is 17.8. The second-order valence-electron chi connectivity index (χ2n) is 3.76. The van der Waals surface area contributed by atoms with Crippen LogP contribution in [0.4, 0.5) is 0 Å². The van der Waals surface area contributed by atoms with E-state index in [1.54, 1.807) is 12.1 Å². The van der Waals surface area contributed by atoms with Crippen LogP contribution in [-0.4, -0.2) is 35.6 Å². The Morgan fingerprint density at radius 2 is 1.81 bits per heavy atom. The Bertz CT molecular complexity index is 312. The summed E-state index contributed by atoms with van der Waals surface area (Å²) in [6, 6.07) is 7.25. The Morgan fingerprint density at radius 3 is 2.38 bits per heavy atom. The van der Waals surface area contributed by atoms with Crippen LogP contribution in [0.15, 0.2) is 24.3 Å². The zero-order valence-electron chi connectivity index (χ0n) is 9.59. The number of aliphatic hydroxyl groups excluding tert-OH is 2. The third kappa shape index (κ3) is 4.08. The zero-order valence-corrected chi connectivity index (χ0v) is 9.59. The number of hydrogen-bond acceptors (Lipinski definition) is 4. The van der Waals surface area contributed by atoms with Crippen LogP contribution in [0.2, 0.25) is 0 Å². The van der Waals surface area contributed by atoms with Crippen molar-refractivity contribution in [3.05, 3.63) is 24.3 Å². The topological polar surface area (TPSA) is 58.9 Å². The largest absolute Gasteiger partial charge is 0.487 e. The number of para-hydroxylation sites is 2. The molecule has 0 saturated heterocycles. The maximum absolute atomic E-state index is 9.18. The van der Waals surface area contributed by atoms with Crippen LogP contribution in [-0.2, 0) is 0 Å². The van der Waals surface area contributed by atoms with Crippen molar-refractivity contribution >= 4 is 0 Å². The SMILES string of the molecule is CC(C)Oc1ccccc1OC[C@@H](O)CO. The van der Waals surface area contributed by atoms with Gasteiger partial charge >= 0.3 is 0 Å². The van der Waals surface area contributed by atoms with Gasteiger partial charge < -0.3 is 19.7 Å². The van der Waals surface area contributed by atoms with Crippen LogP contribution in [0.3, 0.4) is 0 Å². The molecular weight excluding hydrogens is 208 g/mol. The Labute approximate surface area is 95.4 Å². The lowest BCUT2D eigenvalue weighted by Crippen LogP contribution is -2.21. The van der Waals surface area contributed by atoms with Gasteiger partial charge in [-0.05, 0) is 26.0 Å². The van der Waals surface area contributed by atoms with E-state index in [4.69, 9.17) is 14.6 Å². The van der Waals surface area contributed by atoms with Gasteiger partial charge in [-0.1, -0.05) is 12.1 Å². The highest BCUT2D eigenvalue weighted by molar-refractivity contribution is 5.39. The fraction of sp³-hybridized carbons (Fsp3) is 0.500. The Hall–Kier alpha value is -1.26. The van der Waals surface area contributed by atoms with Gasteiger partial charge in [-0.2, -0.15) is 0 Å². The van der Waals surface area contributed by atoms with Crippen molar-refractivity contribution in [2.45, 2.75) is 26.1 Å². The van der Waals surface area contributed by atoms with E-state index in [9.17, 15) is 5.11 Å². The molecule has 16 heavy (non-hydrogen) atoms. The van der Waals surface area contributed by atoms with Crippen LogP contribution in [0.5, 0.6) is 11.5 Å². The molecule has 0 heterocycles. The van der Waals surface area contributed by atoms with Gasteiger partial charge in [0, 0.05) is 0 Å². The van der Waals surface area contributed by atoms with E-state index in [1.165, 1.54) is 0 Å². The lowest BCUT2D eigenvalue weighted by Gasteiger charge is -2.15. The fourth-order valence-corrected chi connectivity index (χ4v) is 1.16. The van der Waals surface area contributed by atoms with Gasteiger partial charge in [0.05, 0.1) is 12.7 Å². The molecule has 4 nitrogen and oxygen atoms in total. The molecule has 0 saturated carbocycles. The summed E-state index contributed by atoms with van der Waals surface area (Å²) >= 11 is 0. The van der Waals surface area contributed by atoms with E-state index < -0.39 is 6.10 Å². The summed E-state index contributed by atoms with van der Waals surface area (Å²) in [5.74, 6) is 1.21. The normalized spacial score (nSPS) is 12.6. The average Bonchev–Trinajstić information content (AvgIpc) is 2.26. The molecule has 0 radical (unpaired) electrons. The van der Waals surface area contributed by atoms with E-state index in [1.807, 2.05) is 26.0 Å². The third-order valence-corrected chi connectivity index (χ3v) is 1.85. The first-order valence-electron chi connectivity index (χ1n) is 5.31. The molecule has 0 aromatic heterocycles. The number of hydrogen-bond donors (Lipinski definition) is 2. The predicted molar refractivity (Wildman–Crippen MR) is 60.8 cm³/mol. The van der Waals surface area contributed by atoms with Crippen LogP contribution in [0.1, 0.15) is 13.8 Å². The molecule has 0 amide bonds. The number of rotatable bonds is 6. The monoisotopic (exact) mass is 226 g/mol. The van der Waals surface area contributed by atoms with Crippen molar-refractivity contribution in [1.82, 2.24) is 0 Å². The summed E-state index contributed by atoms with van der Waals surface area (Å²) in [7, 11) is 0. The molecule has 1 aromatic carbocycles. The summed E-state index contributed by atoms with van der Waals surface area (Å²) in [5.41, 5.74) is 0. The third-order valence-electron chi connectivity index (χ3n) is 1.85. The van der Waals surface area contributed by atoms with Crippen molar-refractivity contribution in [2.24, 2.45) is 0 Å². The van der Waals surface area contributed by atoms with Crippen LogP contribution in [0, 0.1) is 0 Å². The zero-order chi connectivity index (χ0) is 12.0. The molecule has 0 aliphatic carbocycles. The average molecular weight is 226 g/mol. The molecule has 90 valence electrons. The predicted octanol–water partition coefficient (Wildman–Crippen LogP) is 1.21. The van der Waals surface area contributed by atoms with Crippen LogP contribution >= 0.6 is 0 Å². The van der Waals surface area contributed by atoms with Gasteiger partial charge in [-0.25, -0.2) is 0 Å². The molecule has 0 aliphatic heterocycles. The first-order valence-corrected chi connectivity index (χ1v) is 5.31. The highest BCUT2D eigenvalue weighted by Gasteiger charge is 2.08. The second-order valence-corrected chi connectivity index (χ2v) is 3.76. The van der Waals surface area contributed by atoms with Gasteiger partial charge in [0.25, 0.3) is 0 Å². The lowest BCUT2D eigenvalue weighted by atomic mass is 10.3. The van der Waals surface area contributed by atoms with Gasteiger partial charge in [0.15, 0.2) is 11.5 Å². The van der Waals surface area contributed by atoms with Crippen LogP contribution < -0.4 is 9.47 Å². The molecule has 0 fully saturated rings. The van der Waals surface area contributed by atoms with Gasteiger partial charge in [-0.3, -0.25) is 0 Å². The Morgan fingerprint density at radius 1 is 1.19 bits per heavy atom. The van der Waals surface area contributed by atoms with E-state index in [2.05, 4.69) is 0 Å². The first-order chi connectivity index (χ1) is 7.63. The van der Waals surface area contributed by atoms with Gasteiger partial charge in [0.1, 0.15) is 12.7 Å². The molecule has 2 N–H and O–H groups in total. The van der Waals surface area contributed by atoms with Gasteiger partial charge in [-0.15, -0.1) is 0 Å². The standard InChI is InChI=1S/C12H18O4/c1-9(2)16-12-6-4-3-5-11(12)15-8-10(14)7-13/h3-6,9-10,13-14H,7-8H2,1-2H3/t10-/m0/s1. The Balaban J connectivity index is 2.63. The van der Waals surface area contributed by atoms with E-state index in [-0.39, 0.29) is 19.3 Å². The maximum atomic E-state index is 9.18. The van der Waals surface area contributed by atoms with E-state index in [0.29, 0.717) is 11.5 Å². The van der Waals surface area contributed by atoms with Crippen molar-refractivity contribution < 1.29 is 19.7 Å². The second kappa shape index (κ2) is 6.35. The summed E-state index contributed by atoms with van der Waals surface area (Å²) in [6.45, 7) is 3.60. The molecule has 0 unspecified atom stereocenters. The minimum Gasteiger partial charge on any atom is -0.487 e. The minimum absolute atomic E-state index is 0.0506. The summed E-state index contributed by atoms with van der Waals surface area (Å²) < 4.78 is 10.9. The minimum atomic E-state index is -0.868. The molecule has 1 atom stereocenters.